The summed E-state index contributed by atoms with van der Waals surface area (Å²) >= 11 is 0. The molecular weight excluding hydrogens is 647 g/mol. The van der Waals surface area contributed by atoms with E-state index in [9.17, 15) is 50.0 Å². The molecule has 0 aromatic carbocycles. The van der Waals surface area contributed by atoms with E-state index in [0.29, 0.717) is 6.26 Å². The summed E-state index contributed by atoms with van der Waals surface area (Å²) < 4.78 is 127. The number of ether oxygens (including phenoxy) is 6. The van der Waals surface area contributed by atoms with E-state index in [1.807, 2.05) is 0 Å². The van der Waals surface area contributed by atoms with Crippen LogP contribution in [0.5, 0.6) is 0 Å². The number of hydrogen-bond donors (Lipinski definition) is 0. The van der Waals surface area contributed by atoms with Gasteiger partial charge in [-0.1, -0.05) is 0 Å². The van der Waals surface area contributed by atoms with Crippen molar-refractivity contribution in [3.8, 4) is 0 Å². The third-order valence-electron chi connectivity index (χ3n) is 4.09. The van der Waals surface area contributed by atoms with Gasteiger partial charge in [-0.15, -0.1) is 0 Å². The van der Waals surface area contributed by atoms with Gasteiger partial charge in [-0.2, -0.15) is 22.4 Å². The molecule has 0 amide bonds. The smallest absolute Gasteiger partial charge is 0.664 e. The Bertz CT molecular complexity index is 806. The monoisotopic (exact) mass is 676 g/mol. The van der Waals surface area contributed by atoms with Crippen molar-refractivity contribution in [1.29, 1.82) is 0 Å². The summed E-state index contributed by atoms with van der Waals surface area (Å²) in [5, 5.41) is 10.1. The Morgan fingerprint density at radius 2 is 1.14 bits per heavy atom. The molecule has 0 aromatic rings. The molecule has 0 rings (SSSR count). The molecule has 0 bridgehead atoms. The maximum absolute atomic E-state index is 12.8. The molecule has 0 atom stereocenters. The number of allylic oxidation sites excluding steroid dienone is 1. The predicted octanol–water partition coefficient (Wildman–Crippen LogP) is -1.03. The molecule has 0 saturated carbocycles. The molecule has 0 aliphatic carbocycles. The fourth-order valence-electron chi connectivity index (χ4n) is 2.05. The minimum atomic E-state index is -4.53. The Balaban J connectivity index is 0. The number of carbonyl (C=O) groups is 2. The first kappa shape index (κ1) is 44.0. The van der Waals surface area contributed by atoms with Gasteiger partial charge in [-0.05, 0) is 6.08 Å². The Labute approximate surface area is 282 Å². The van der Waals surface area contributed by atoms with Crippen molar-refractivity contribution in [2.24, 2.45) is 0 Å². The summed E-state index contributed by atoms with van der Waals surface area (Å²) in [6, 6.07) is 0. The van der Waals surface area contributed by atoms with E-state index in [1.165, 1.54) is 0 Å². The van der Waals surface area contributed by atoms with Crippen molar-refractivity contribution in [2.45, 2.75) is 31.1 Å². The fourth-order valence-corrected chi connectivity index (χ4v) is 2.05. The number of carbonyl (C=O) groups excluding carboxylic acids is 2. The predicted molar refractivity (Wildman–Crippen MR) is 117 cm³/mol. The zero-order valence-electron chi connectivity index (χ0n) is 22.8. The van der Waals surface area contributed by atoms with Gasteiger partial charge in [-0.3, -0.25) is 4.79 Å². The van der Waals surface area contributed by atoms with E-state index < -0.39 is 62.9 Å². The van der Waals surface area contributed by atoms with Gasteiger partial charge in [0.05, 0.1) is 58.9 Å². The zero-order valence-corrected chi connectivity index (χ0v) is 25.9. The molecule has 0 N–H and O–H groups in total. The molecule has 43 heavy (non-hydrogen) atoms. The quantitative estimate of drug-likeness (QED) is 0.0162. The first-order chi connectivity index (χ1) is 19.8. The van der Waals surface area contributed by atoms with Gasteiger partial charge in [-0.25, -0.2) is 22.4 Å². The number of rotatable bonds is 26. The molecule has 0 aliphatic rings. The van der Waals surface area contributed by atoms with Crippen LogP contribution in [0.2, 0.25) is 0 Å². The van der Waals surface area contributed by atoms with Gasteiger partial charge < -0.3 is 43.5 Å². The van der Waals surface area contributed by atoms with Crippen LogP contribution < -0.4 is 56.6 Å². The summed E-state index contributed by atoms with van der Waals surface area (Å²) in [5.74, 6) is -11.5. The van der Waals surface area contributed by atoms with Crippen LogP contribution in [0.3, 0.4) is 0 Å². The van der Waals surface area contributed by atoms with Crippen LogP contribution in [0.4, 0.5) is 35.1 Å². The second kappa shape index (κ2) is 26.1. The molecule has 12 nitrogen and oxygen atoms in total. The van der Waals surface area contributed by atoms with Gasteiger partial charge in [0.1, 0.15) is 19.5 Å². The SMILES string of the molecule is O=C(COCCOCCOCCOCCOO/C=C(\C=CO[O-])CC(=O)OCC(F)(F)C(F)F)OCC(F)(F)C(F)F.[K+]. The summed E-state index contributed by atoms with van der Waals surface area (Å²) in [7, 11) is 0. The zero-order chi connectivity index (χ0) is 31.9. The molecule has 246 valence electrons. The van der Waals surface area contributed by atoms with Crippen LogP contribution >= 0.6 is 0 Å². The molecule has 0 saturated heterocycles. The van der Waals surface area contributed by atoms with Crippen LogP contribution in [0.25, 0.3) is 0 Å². The first-order valence-corrected chi connectivity index (χ1v) is 11.7. The van der Waals surface area contributed by atoms with Gasteiger partial charge in [0.25, 0.3) is 0 Å². The van der Waals surface area contributed by atoms with Crippen molar-refractivity contribution in [1.82, 2.24) is 0 Å². The molecule has 21 heteroatoms. The standard InChI is InChI=1S/C22H30F8O12.K/c23-19(24)21(27,28)14-38-17(31)11-16(1-2-40-33)12-42-41-10-9-36-6-5-34-3-4-35-7-8-37-13-18(32)39-15-22(29,30)20(25)26;/h1-2,12,19-20,33H,3-11,13-15H2;/q;+1/p-1/b2-1?,16-12+;. The van der Waals surface area contributed by atoms with Crippen molar-refractivity contribution in [3.63, 3.8) is 0 Å². The molecule has 0 heterocycles. The molecule has 0 fully saturated rings. The molecular formula is C22H29F8KO12. The van der Waals surface area contributed by atoms with E-state index in [4.69, 9.17) is 23.8 Å². The first-order valence-electron chi connectivity index (χ1n) is 11.7. The number of halogens is 8. The third-order valence-corrected chi connectivity index (χ3v) is 4.09. The minimum absolute atomic E-state index is 0. The Kier molecular flexibility index (Phi) is 26.7. The number of hydrogen-bond acceptors (Lipinski definition) is 12. The fraction of sp³-hybridized carbons (Fsp3) is 0.727. The topological polar surface area (TPSA) is 140 Å². The summed E-state index contributed by atoms with van der Waals surface area (Å²) in [5.41, 5.74) is -0.142. The Hall–Kier alpha value is -1.14. The largest absolute Gasteiger partial charge is 1.00 e. The summed E-state index contributed by atoms with van der Waals surface area (Å²) in [4.78, 5) is 35.5. The maximum atomic E-state index is 12.8. The molecule has 0 spiro atoms. The maximum Gasteiger partial charge on any atom is 1.00 e. The van der Waals surface area contributed by atoms with E-state index in [0.717, 1.165) is 12.3 Å². The Morgan fingerprint density at radius 3 is 1.60 bits per heavy atom. The second-order valence-corrected chi connectivity index (χ2v) is 7.52. The minimum Gasteiger partial charge on any atom is -0.664 e. The van der Waals surface area contributed by atoms with Gasteiger partial charge in [0.2, 0.25) is 0 Å². The van der Waals surface area contributed by atoms with Crippen molar-refractivity contribution in [2.75, 3.05) is 72.7 Å². The van der Waals surface area contributed by atoms with E-state index in [2.05, 4.69) is 19.2 Å². The van der Waals surface area contributed by atoms with E-state index >= 15 is 0 Å². The van der Waals surface area contributed by atoms with Crippen LogP contribution in [-0.2, 0) is 52.7 Å². The third kappa shape index (κ3) is 24.8. The van der Waals surface area contributed by atoms with E-state index in [-0.39, 0.29) is 110 Å². The molecule has 0 aliphatic heterocycles. The van der Waals surface area contributed by atoms with Crippen LogP contribution in [0.15, 0.2) is 24.2 Å². The second-order valence-electron chi connectivity index (χ2n) is 7.52. The van der Waals surface area contributed by atoms with Crippen molar-refractivity contribution < 1.29 is 144 Å². The number of alkyl halides is 8. The van der Waals surface area contributed by atoms with Crippen LogP contribution in [0, 0.1) is 0 Å². The van der Waals surface area contributed by atoms with Crippen molar-refractivity contribution in [3.05, 3.63) is 24.2 Å². The van der Waals surface area contributed by atoms with Gasteiger partial charge >= 0.3 is 88.0 Å². The molecule has 0 aromatic heterocycles. The Morgan fingerprint density at radius 1 is 0.698 bits per heavy atom. The van der Waals surface area contributed by atoms with Crippen LogP contribution in [0.1, 0.15) is 6.42 Å². The molecule has 0 radical (unpaired) electrons. The number of esters is 2. The van der Waals surface area contributed by atoms with Crippen molar-refractivity contribution >= 4 is 11.9 Å². The average Bonchev–Trinajstić information content (AvgIpc) is 2.93. The average molecular weight is 677 g/mol. The normalized spacial score (nSPS) is 12.5. The van der Waals surface area contributed by atoms with Crippen LogP contribution in [-0.4, -0.2) is 109 Å². The van der Waals surface area contributed by atoms with Gasteiger partial charge in [0.15, 0.2) is 13.2 Å². The van der Waals surface area contributed by atoms with Gasteiger partial charge in [0, 0.05) is 5.57 Å². The summed E-state index contributed by atoms with van der Waals surface area (Å²) in [6.45, 7) is -3.92. The van der Waals surface area contributed by atoms with E-state index in [1.54, 1.807) is 0 Å². The summed E-state index contributed by atoms with van der Waals surface area (Å²) in [6.07, 6.45) is -6.43. The molecule has 0 unspecified atom stereocenters.